The minimum Gasteiger partial charge on any atom is -0.224 e. The molecule has 0 spiro atoms. The molecule has 1 rings (SSSR count). The van der Waals surface area contributed by atoms with E-state index in [2.05, 4.69) is 0 Å². The molecule has 4 nitrogen and oxygen atoms in total. The molecule has 0 saturated carbocycles. The second kappa shape index (κ2) is 8.34. The number of sulfone groups is 2. The molecule has 0 fully saturated rings. The second-order valence-corrected chi connectivity index (χ2v) is 14.4. The van der Waals surface area contributed by atoms with E-state index >= 15 is 0 Å². The number of halogens is 15. The molecule has 1 heterocycles. The van der Waals surface area contributed by atoms with Crippen molar-refractivity contribution in [3.05, 3.63) is 5.77 Å². The molecule has 0 aliphatic heterocycles. The maximum absolute atomic E-state index is 14.3. The Labute approximate surface area is 206 Å². The summed E-state index contributed by atoms with van der Waals surface area (Å²) in [5.74, 6) is -32.8. The highest BCUT2D eigenvalue weighted by Gasteiger charge is 2.92. The Morgan fingerprint density at radius 2 is 0.939 bits per heavy atom. The minimum absolute atomic E-state index is 0.0294. The number of hydrogen-bond donors (Lipinski definition) is 0. The summed E-state index contributed by atoms with van der Waals surface area (Å²) in [6.07, 6.45) is -7.50. The van der Waals surface area contributed by atoms with Crippen molar-refractivity contribution in [3.8, 4) is 0 Å². The highest BCUT2D eigenvalue weighted by Crippen LogP contribution is 2.62. The van der Waals surface area contributed by atoms with Crippen molar-refractivity contribution in [2.45, 2.75) is 44.9 Å². The average Bonchev–Trinajstić information content (AvgIpc) is 2.87. The molecule has 0 amide bonds. The largest absolute Gasteiger partial charge is 0.460 e. The van der Waals surface area contributed by atoms with Crippen molar-refractivity contribution < 1.29 is 73.9 Å². The maximum atomic E-state index is 14.3. The Bertz CT molecular complexity index is 1150. The van der Waals surface area contributed by atoms with E-state index in [0.29, 0.717) is 0 Å². The summed E-state index contributed by atoms with van der Waals surface area (Å²) in [4.78, 5) is -3.89. The number of thiophene rings is 1. The van der Waals surface area contributed by atoms with Crippen LogP contribution < -0.4 is 0 Å². The Morgan fingerprint density at radius 3 is 1.27 bits per heavy atom. The standard InChI is InChI=1S/C11H3F13I2O4S3/c1-32(27,28)2-3(5(26)31-4(2)25)33(29,30)11(23,24)9(18,19)7(14,15)6(12,13)8(16,17)10(20,21)22/h1H3. The lowest BCUT2D eigenvalue weighted by molar-refractivity contribution is -0.433. The third-order valence-corrected chi connectivity index (χ3v) is 10.9. The van der Waals surface area contributed by atoms with Gasteiger partial charge in [-0.05, 0) is 45.2 Å². The zero-order valence-electron chi connectivity index (χ0n) is 14.5. The van der Waals surface area contributed by atoms with Gasteiger partial charge in [-0.1, -0.05) is 0 Å². The maximum Gasteiger partial charge on any atom is 0.460 e. The predicted octanol–water partition coefficient (Wildman–Crippen LogP) is 5.83. The van der Waals surface area contributed by atoms with Crippen LogP contribution in [0.4, 0.5) is 57.1 Å². The van der Waals surface area contributed by atoms with E-state index in [1.807, 2.05) is 0 Å². The topological polar surface area (TPSA) is 68.3 Å². The van der Waals surface area contributed by atoms with Gasteiger partial charge < -0.3 is 0 Å². The number of alkyl halides is 13. The third kappa shape index (κ3) is 4.33. The number of rotatable bonds is 7. The molecule has 0 aliphatic rings. The molecule has 0 radical (unpaired) electrons. The van der Waals surface area contributed by atoms with Crippen molar-refractivity contribution in [1.29, 1.82) is 0 Å². The lowest BCUT2D eigenvalue weighted by atomic mass is 9.98. The van der Waals surface area contributed by atoms with Gasteiger partial charge in [0.05, 0.1) is 5.77 Å². The van der Waals surface area contributed by atoms with Crippen LogP contribution in [0.5, 0.6) is 0 Å². The van der Waals surface area contributed by atoms with Crippen molar-refractivity contribution in [2.24, 2.45) is 0 Å². The first-order valence-corrected chi connectivity index (χ1v) is 13.3. The molecule has 0 saturated heterocycles. The fourth-order valence-corrected chi connectivity index (χ4v) is 12.0. The van der Waals surface area contributed by atoms with E-state index < -0.39 is 70.4 Å². The Hall–Kier alpha value is 0.150. The fourth-order valence-electron chi connectivity index (χ4n) is 1.94. The van der Waals surface area contributed by atoms with Crippen LogP contribution in [0.1, 0.15) is 0 Å². The van der Waals surface area contributed by atoms with Crippen LogP contribution in [-0.4, -0.2) is 58.2 Å². The fraction of sp³-hybridized carbons (Fsp3) is 0.636. The van der Waals surface area contributed by atoms with Gasteiger partial charge in [0.2, 0.25) is 0 Å². The van der Waals surface area contributed by atoms with E-state index in [4.69, 9.17) is 0 Å². The van der Waals surface area contributed by atoms with E-state index in [1.54, 1.807) is 0 Å². The first-order chi connectivity index (χ1) is 14.0. The van der Waals surface area contributed by atoms with E-state index in [0.717, 1.165) is 45.2 Å². The van der Waals surface area contributed by atoms with Crippen molar-refractivity contribution in [3.63, 3.8) is 0 Å². The predicted molar refractivity (Wildman–Crippen MR) is 101 cm³/mol. The summed E-state index contributed by atoms with van der Waals surface area (Å²) in [6.45, 7) is 0. The first-order valence-electron chi connectivity index (χ1n) is 6.93. The SMILES string of the molecule is CS(=O)(=O)c1c(I)sc(I)c1S(=O)(=O)C(F)(F)C(F)(F)C(F)(F)C(F)(F)C(F)(F)C(F)(F)F. The first kappa shape index (κ1) is 31.2. The highest BCUT2D eigenvalue weighted by atomic mass is 127. The summed E-state index contributed by atoms with van der Waals surface area (Å²) < 4.78 is 218. The van der Waals surface area contributed by atoms with E-state index in [9.17, 15) is 73.9 Å². The lowest BCUT2D eigenvalue weighted by Crippen LogP contribution is -2.71. The lowest BCUT2D eigenvalue weighted by Gasteiger charge is -2.39. The van der Waals surface area contributed by atoms with Gasteiger partial charge in [0, 0.05) is 6.26 Å². The molecule has 0 unspecified atom stereocenters. The molecule has 0 N–H and O–H groups in total. The van der Waals surface area contributed by atoms with Crippen LogP contribution in [0.2, 0.25) is 0 Å². The minimum atomic E-state index is -8.34. The summed E-state index contributed by atoms with van der Waals surface area (Å²) in [7, 11) is -12.4. The molecule has 22 heteroatoms. The molecule has 1 aromatic heterocycles. The summed E-state index contributed by atoms with van der Waals surface area (Å²) in [5, 5.41) is -7.52. The quantitative estimate of drug-likeness (QED) is 0.258. The van der Waals surface area contributed by atoms with Crippen LogP contribution in [-0.2, 0) is 19.7 Å². The van der Waals surface area contributed by atoms with Gasteiger partial charge in [-0.3, -0.25) is 0 Å². The van der Waals surface area contributed by atoms with Crippen molar-refractivity contribution >= 4 is 76.2 Å². The third-order valence-electron chi connectivity index (χ3n) is 3.62. The molecular formula is C11H3F13I2O4S3. The smallest absolute Gasteiger partial charge is 0.224 e. The van der Waals surface area contributed by atoms with Gasteiger partial charge in [-0.25, -0.2) is 16.8 Å². The van der Waals surface area contributed by atoms with Gasteiger partial charge >= 0.3 is 35.1 Å². The Balaban J connectivity index is 3.96. The van der Waals surface area contributed by atoms with Crippen molar-refractivity contribution in [1.82, 2.24) is 0 Å². The van der Waals surface area contributed by atoms with E-state index in [-0.39, 0.29) is 17.6 Å². The molecule has 33 heavy (non-hydrogen) atoms. The normalized spacial score (nSPS) is 15.8. The molecular weight excluding hydrogens is 793 g/mol. The summed E-state index contributed by atoms with van der Waals surface area (Å²) in [6, 6.07) is 0. The average molecular weight is 796 g/mol. The molecule has 0 bridgehead atoms. The highest BCUT2D eigenvalue weighted by molar-refractivity contribution is 14.1. The zero-order valence-corrected chi connectivity index (χ0v) is 21.3. The van der Waals surface area contributed by atoms with Gasteiger partial charge in [-0.2, -0.15) is 57.1 Å². The van der Waals surface area contributed by atoms with E-state index in [1.165, 1.54) is 0 Å². The summed E-state index contributed by atoms with van der Waals surface area (Å²) in [5.41, 5.74) is 0. The molecule has 1 aromatic rings. The Kier molecular flexibility index (Phi) is 7.88. The molecule has 0 atom stereocenters. The van der Waals surface area contributed by atoms with Crippen LogP contribution in [0.25, 0.3) is 0 Å². The van der Waals surface area contributed by atoms with Crippen LogP contribution in [0, 0.1) is 5.77 Å². The van der Waals surface area contributed by atoms with Crippen LogP contribution in [0.15, 0.2) is 9.79 Å². The summed E-state index contributed by atoms with van der Waals surface area (Å²) >= 11 is 1.83. The van der Waals surface area contributed by atoms with Crippen molar-refractivity contribution in [2.75, 3.05) is 6.26 Å². The van der Waals surface area contributed by atoms with Gasteiger partial charge in [0.25, 0.3) is 9.84 Å². The van der Waals surface area contributed by atoms with Gasteiger partial charge in [0.1, 0.15) is 9.79 Å². The molecule has 194 valence electrons. The Morgan fingerprint density at radius 1 is 0.606 bits per heavy atom. The number of hydrogen-bond acceptors (Lipinski definition) is 5. The molecule has 0 aromatic carbocycles. The molecule has 0 aliphatic carbocycles. The van der Waals surface area contributed by atoms with Gasteiger partial charge in [0.15, 0.2) is 9.84 Å². The monoisotopic (exact) mass is 796 g/mol. The van der Waals surface area contributed by atoms with Crippen LogP contribution in [0.3, 0.4) is 0 Å². The zero-order chi connectivity index (χ0) is 27.0. The second-order valence-electron chi connectivity index (χ2n) is 5.90. The van der Waals surface area contributed by atoms with Crippen LogP contribution >= 0.6 is 56.5 Å². The van der Waals surface area contributed by atoms with Gasteiger partial charge in [-0.15, -0.1) is 11.3 Å².